The smallest absolute Gasteiger partial charge is 0.333 e. The third-order valence-electron chi connectivity index (χ3n) is 4.02. The van der Waals surface area contributed by atoms with E-state index in [4.69, 9.17) is 0 Å². The highest BCUT2D eigenvalue weighted by Crippen LogP contribution is 2.30. The molecule has 0 aliphatic carbocycles. The van der Waals surface area contributed by atoms with Crippen molar-refractivity contribution in [2.75, 3.05) is 19.6 Å². The molecule has 1 aromatic heterocycles. The normalized spacial score (nSPS) is 25.9. The lowest BCUT2D eigenvalue weighted by atomic mass is 10.1. The summed E-state index contributed by atoms with van der Waals surface area (Å²) in [5.74, 6) is 0.170. The van der Waals surface area contributed by atoms with Gasteiger partial charge in [-0.25, -0.2) is 0 Å². The number of carbonyl (C=O) groups excluding carboxylic acids is 1. The maximum Gasteiger partial charge on any atom is 0.417 e. The summed E-state index contributed by atoms with van der Waals surface area (Å²) in [4.78, 5) is 17.7. The minimum Gasteiger partial charge on any atom is -0.333 e. The van der Waals surface area contributed by atoms with Crippen LogP contribution in [0.1, 0.15) is 22.5 Å². The highest BCUT2D eigenvalue weighted by molar-refractivity contribution is 5.92. The third kappa shape index (κ3) is 2.26. The van der Waals surface area contributed by atoms with Crippen molar-refractivity contribution in [3.8, 4) is 0 Å². The molecule has 7 heteroatoms. The molecule has 108 valence electrons. The first-order valence-electron chi connectivity index (χ1n) is 6.52. The van der Waals surface area contributed by atoms with Gasteiger partial charge in [-0.1, -0.05) is 0 Å². The number of hydrogen-bond acceptors (Lipinski definition) is 3. The van der Waals surface area contributed by atoms with E-state index in [1.54, 1.807) is 4.90 Å². The van der Waals surface area contributed by atoms with Crippen LogP contribution >= 0.6 is 0 Å². The van der Waals surface area contributed by atoms with E-state index in [1.807, 2.05) is 0 Å². The van der Waals surface area contributed by atoms with Gasteiger partial charge in [-0.3, -0.25) is 9.78 Å². The highest BCUT2D eigenvalue weighted by atomic mass is 19.4. The Kier molecular flexibility index (Phi) is 3.16. The predicted octanol–water partition coefficient (Wildman–Crippen LogP) is 1.53. The molecule has 1 aromatic rings. The second-order valence-corrected chi connectivity index (χ2v) is 5.20. The second kappa shape index (κ2) is 4.73. The Morgan fingerprint density at radius 3 is 2.80 bits per heavy atom. The molecule has 20 heavy (non-hydrogen) atoms. The Morgan fingerprint density at radius 2 is 2.15 bits per heavy atom. The van der Waals surface area contributed by atoms with Crippen LogP contribution in [0.5, 0.6) is 0 Å². The lowest BCUT2D eigenvalue weighted by molar-refractivity contribution is -0.137. The summed E-state index contributed by atoms with van der Waals surface area (Å²) in [5.41, 5.74) is -0.763. The van der Waals surface area contributed by atoms with Crippen LogP contribution in [0.2, 0.25) is 0 Å². The Labute approximate surface area is 114 Å². The molecule has 3 rings (SSSR count). The zero-order valence-corrected chi connectivity index (χ0v) is 10.7. The summed E-state index contributed by atoms with van der Waals surface area (Å²) in [5, 5.41) is 3.23. The Bertz CT molecular complexity index is 515. The first-order valence-corrected chi connectivity index (χ1v) is 6.52. The molecule has 0 saturated carbocycles. The van der Waals surface area contributed by atoms with Crippen molar-refractivity contribution in [1.29, 1.82) is 0 Å². The average molecular weight is 285 g/mol. The number of nitrogens with one attached hydrogen (secondary N) is 1. The van der Waals surface area contributed by atoms with Crippen LogP contribution in [0.4, 0.5) is 13.2 Å². The molecule has 2 aliphatic heterocycles. The maximum absolute atomic E-state index is 12.5. The summed E-state index contributed by atoms with van der Waals surface area (Å²) in [6, 6.07) is 2.20. The average Bonchev–Trinajstić information content (AvgIpc) is 2.99. The summed E-state index contributed by atoms with van der Waals surface area (Å²) in [7, 11) is 0. The maximum atomic E-state index is 12.5. The molecule has 2 fully saturated rings. The molecule has 3 heterocycles. The van der Waals surface area contributed by atoms with Gasteiger partial charge < -0.3 is 10.2 Å². The van der Waals surface area contributed by atoms with Crippen molar-refractivity contribution < 1.29 is 18.0 Å². The van der Waals surface area contributed by atoms with Crippen molar-refractivity contribution in [3.05, 3.63) is 29.6 Å². The SMILES string of the molecule is O=C(c1ccc(C(F)(F)F)cn1)N1CC[C@H]2CNC[C@H]21. The highest BCUT2D eigenvalue weighted by Gasteiger charge is 2.40. The van der Waals surface area contributed by atoms with E-state index in [0.717, 1.165) is 31.6 Å². The van der Waals surface area contributed by atoms with Gasteiger partial charge in [0.25, 0.3) is 5.91 Å². The number of alkyl halides is 3. The predicted molar refractivity (Wildman–Crippen MR) is 65.0 cm³/mol. The quantitative estimate of drug-likeness (QED) is 0.851. The van der Waals surface area contributed by atoms with Gasteiger partial charge in [-0.05, 0) is 24.5 Å². The lowest BCUT2D eigenvalue weighted by Crippen LogP contribution is -2.39. The fourth-order valence-electron chi connectivity index (χ4n) is 2.94. The molecule has 1 N–H and O–H groups in total. The van der Waals surface area contributed by atoms with Crippen molar-refractivity contribution in [1.82, 2.24) is 15.2 Å². The molecular formula is C13H14F3N3O. The number of halogens is 3. The Hall–Kier alpha value is -1.63. The monoisotopic (exact) mass is 285 g/mol. The zero-order chi connectivity index (χ0) is 14.3. The van der Waals surface area contributed by atoms with Gasteiger partial charge in [0.2, 0.25) is 0 Å². The molecule has 2 atom stereocenters. The van der Waals surface area contributed by atoms with Crippen LogP contribution in [-0.2, 0) is 6.18 Å². The van der Waals surface area contributed by atoms with Gasteiger partial charge in [0.15, 0.2) is 0 Å². The van der Waals surface area contributed by atoms with E-state index in [0.29, 0.717) is 18.7 Å². The molecule has 1 amide bonds. The summed E-state index contributed by atoms with van der Waals surface area (Å²) in [6.07, 6.45) is -2.78. The number of carbonyl (C=O) groups is 1. The zero-order valence-electron chi connectivity index (χ0n) is 10.7. The fourth-order valence-corrected chi connectivity index (χ4v) is 2.94. The summed E-state index contributed by atoms with van der Waals surface area (Å²) < 4.78 is 37.4. The molecule has 0 unspecified atom stereocenters. The van der Waals surface area contributed by atoms with Gasteiger partial charge in [-0.2, -0.15) is 13.2 Å². The summed E-state index contributed by atoms with van der Waals surface area (Å²) >= 11 is 0. The molecule has 4 nitrogen and oxygen atoms in total. The Morgan fingerprint density at radius 1 is 1.35 bits per heavy atom. The fraction of sp³-hybridized carbons (Fsp3) is 0.538. The van der Waals surface area contributed by atoms with Crippen LogP contribution in [-0.4, -0.2) is 41.5 Å². The van der Waals surface area contributed by atoms with Gasteiger partial charge in [0.05, 0.1) is 5.56 Å². The van der Waals surface area contributed by atoms with Gasteiger partial charge in [0.1, 0.15) is 5.69 Å². The number of likely N-dealkylation sites (tertiary alicyclic amines) is 1. The first-order chi connectivity index (χ1) is 9.47. The van der Waals surface area contributed by atoms with Crippen LogP contribution in [0, 0.1) is 5.92 Å². The minimum absolute atomic E-state index is 0.0746. The second-order valence-electron chi connectivity index (χ2n) is 5.20. The van der Waals surface area contributed by atoms with Crippen molar-refractivity contribution in [2.24, 2.45) is 5.92 Å². The minimum atomic E-state index is -4.43. The van der Waals surface area contributed by atoms with Crippen molar-refractivity contribution >= 4 is 5.91 Å². The van der Waals surface area contributed by atoms with E-state index in [1.165, 1.54) is 0 Å². The van der Waals surface area contributed by atoms with Gasteiger partial charge >= 0.3 is 6.18 Å². The summed E-state index contributed by atoms with van der Waals surface area (Å²) in [6.45, 7) is 2.30. The van der Waals surface area contributed by atoms with Crippen LogP contribution in [0.25, 0.3) is 0 Å². The molecule has 0 bridgehead atoms. The number of fused-ring (bicyclic) bond motifs is 1. The molecule has 0 spiro atoms. The third-order valence-corrected chi connectivity index (χ3v) is 4.02. The standard InChI is InChI=1S/C13H14F3N3O/c14-13(15,16)9-1-2-10(18-6-9)12(20)19-4-3-8-5-17-7-11(8)19/h1-2,6,8,11,17H,3-5,7H2/t8-,11+/m0/s1. The van der Waals surface area contributed by atoms with E-state index >= 15 is 0 Å². The van der Waals surface area contributed by atoms with Crippen LogP contribution in [0.15, 0.2) is 18.3 Å². The number of nitrogens with zero attached hydrogens (tertiary/aromatic N) is 2. The number of rotatable bonds is 1. The molecular weight excluding hydrogens is 271 g/mol. The molecule has 0 aromatic carbocycles. The first kappa shape index (κ1) is 13.4. The number of hydrogen-bond donors (Lipinski definition) is 1. The van der Waals surface area contributed by atoms with Crippen LogP contribution < -0.4 is 5.32 Å². The van der Waals surface area contributed by atoms with Gasteiger partial charge in [-0.15, -0.1) is 0 Å². The van der Waals surface area contributed by atoms with Crippen molar-refractivity contribution in [2.45, 2.75) is 18.6 Å². The number of aromatic nitrogens is 1. The van der Waals surface area contributed by atoms with Crippen LogP contribution in [0.3, 0.4) is 0 Å². The topological polar surface area (TPSA) is 45.2 Å². The van der Waals surface area contributed by atoms with E-state index in [-0.39, 0.29) is 17.6 Å². The Balaban J connectivity index is 1.77. The largest absolute Gasteiger partial charge is 0.417 e. The van der Waals surface area contributed by atoms with E-state index in [9.17, 15) is 18.0 Å². The molecule has 2 aliphatic rings. The van der Waals surface area contributed by atoms with E-state index in [2.05, 4.69) is 10.3 Å². The lowest BCUT2D eigenvalue weighted by Gasteiger charge is -2.23. The number of pyridine rings is 1. The number of amides is 1. The van der Waals surface area contributed by atoms with Gasteiger partial charge in [0, 0.05) is 31.9 Å². The van der Waals surface area contributed by atoms with Crippen molar-refractivity contribution in [3.63, 3.8) is 0 Å². The van der Waals surface area contributed by atoms with E-state index < -0.39 is 11.7 Å². The molecule has 2 saturated heterocycles. The molecule has 0 radical (unpaired) electrons.